The maximum absolute atomic E-state index is 11.4. The molecule has 0 amide bonds. The predicted molar refractivity (Wildman–Crippen MR) is 86.3 cm³/mol. The molecule has 5 heteroatoms. The fourth-order valence-corrected chi connectivity index (χ4v) is 4.98. The van der Waals surface area contributed by atoms with Crippen LogP contribution < -0.4 is 5.69 Å². The number of nitrogens with one attached hydrogen (secondary N) is 2. The summed E-state index contributed by atoms with van der Waals surface area (Å²) in [4.78, 5) is 16.9. The van der Waals surface area contributed by atoms with Crippen molar-refractivity contribution in [3.05, 3.63) is 32.7 Å². The maximum Gasteiger partial charge on any atom is 0.323 e. The lowest BCUT2D eigenvalue weighted by Crippen LogP contribution is -2.01. The summed E-state index contributed by atoms with van der Waals surface area (Å²) in [6, 6.07) is 3.89. The zero-order valence-electron chi connectivity index (χ0n) is 12.0. The van der Waals surface area contributed by atoms with E-state index in [2.05, 4.69) is 53.6 Å². The molecule has 108 valence electrons. The average molecular weight is 358 g/mol. The molecule has 2 aromatic rings. The Kier molecular flexibility index (Phi) is 2.94. The van der Waals surface area contributed by atoms with Crippen LogP contribution in [0.1, 0.15) is 38.6 Å². The Balaban J connectivity index is 2.06. The van der Waals surface area contributed by atoms with Crippen LogP contribution in [0.3, 0.4) is 0 Å². The zero-order chi connectivity index (χ0) is 14.9. The van der Waals surface area contributed by atoms with Crippen LogP contribution in [-0.2, 0) is 0 Å². The first-order valence-electron chi connectivity index (χ1n) is 6.72. The monoisotopic (exact) mass is 356 g/mol. The van der Waals surface area contributed by atoms with Crippen LogP contribution in [-0.4, -0.2) is 9.97 Å². The summed E-state index contributed by atoms with van der Waals surface area (Å²) in [7, 11) is 0. The molecule has 1 unspecified atom stereocenters. The number of halogens is 2. The maximum atomic E-state index is 11.4. The van der Waals surface area contributed by atoms with Gasteiger partial charge in [0.25, 0.3) is 0 Å². The number of benzene rings is 1. The van der Waals surface area contributed by atoms with Crippen molar-refractivity contribution in [2.24, 2.45) is 16.7 Å². The Hall–Kier alpha value is -0.740. The Labute approximate surface area is 131 Å². The molecule has 0 radical (unpaired) electrons. The number of aromatic amines is 2. The summed E-state index contributed by atoms with van der Waals surface area (Å²) in [6.45, 7) is 9.05. The van der Waals surface area contributed by atoms with Gasteiger partial charge in [-0.2, -0.15) is 0 Å². The van der Waals surface area contributed by atoms with E-state index in [0.29, 0.717) is 5.92 Å². The van der Waals surface area contributed by atoms with Crippen LogP contribution in [0, 0.1) is 16.7 Å². The molecule has 20 heavy (non-hydrogen) atoms. The summed E-state index contributed by atoms with van der Waals surface area (Å²) in [5.74, 6) is 0.413. The van der Waals surface area contributed by atoms with Gasteiger partial charge in [0.05, 0.1) is 16.4 Å². The fraction of sp³-hybridized carbons (Fsp3) is 0.533. The Morgan fingerprint density at radius 3 is 2.15 bits per heavy atom. The van der Waals surface area contributed by atoms with E-state index in [0.717, 1.165) is 21.1 Å². The number of imidazole rings is 1. The number of hydrogen-bond acceptors (Lipinski definition) is 1. The first-order valence-corrected chi connectivity index (χ1v) is 7.94. The minimum Gasteiger partial charge on any atom is -0.306 e. The summed E-state index contributed by atoms with van der Waals surface area (Å²) >= 11 is 10.3. The smallest absolute Gasteiger partial charge is 0.306 e. The highest BCUT2D eigenvalue weighted by Gasteiger charge is 2.67. The first kappa shape index (κ1) is 14.2. The Bertz CT molecular complexity index is 730. The van der Waals surface area contributed by atoms with Crippen LogP contribution in [0.4, 0.5) is 0 Å². The minimum absolute atomic E-state index is 0.0721. The van der Waals surface area contributed by atoms with Crippen LogP contribution >= 0.6 is 27.5 Å². The van der Waals surface area contributed by atoms with E-state index in [1.54, 1.807) is 0 Å². The van der Waals surface area contributed by atoms with Crippen molar-refractivity contribution in [1.29, 1.82) is 0 Å². The Morgan fingerprint density at radius 1 is 1.15 bits per heavy atom. The quantitative estimate of drug-likeness (QED) is 0.759. The third-order valence-corrected chi connectivity index (χ3v) is 6.53. The van der Waals surface area contributed by atoms with Gasteiger partial charge in [-0.25, -0.2) is 4.79 Å². The number of hydrogen-bond donors (Lipinski definition) is 2. The molecule has 1 atom stereocenters. The molecule has 0 bridgehead atoms. The minimum atomic E-state index is -0.192. The highest BCUT2D eigenvalue weighted by atomic mass is 79.9. The van der Waals surface area contributed by atoms with Gasteiger partial charge in [0.1, 0.15) is 0 Å². The number of H-pyrrole nitrogens is 2. The summed E-state index contributed by atoms with van der Waals surface area (Å²) in [5, 5.41) is -0.0721. The molecule has 1 aliphatic rings. The lowest BCUT2D eigenvalue weighted by molar-refractivity contribution is 0.457. The van der Waals surface area contributed by atoms with Crippen molar-refractivity contribution >= 4 is 38.6 Å². The standard InChI is InChI=1S/C15H18BrClN2O/c1-14(2)12(15(14,3)4)11(17)7-5-9-10(6-8(7)16)19-13(20)18-9/h5-6,11-12H,1-4H3,(H2,18,19,20). The number of fused-ring (bicyclic) bond motifs is 1. The predicted octanol–water partition coefficient (Wildman–Crippen LogP) is 4.58. The second-order valence-corrected chi connectivity index (χ2v) is 8.15. The lowest BCUT2D eigenvalue weighted by atomic mass is 10.0. The van der Waals surface area contributed by atoms with Gasteiger partial charge in [0.2, 0.25) is 0 Å². The van der Waals surface area contributed by atoms with Gasteiger partial charge in [0.15, 0.2) is 0 Å². The van der Waals surface area contributed by atoms with Gasteiger partial charge in [-0.1, -0.05) is 43.6 Å². The van der Waals surface area contributed by atoms with Gasteiger partial charge in [-0.3, -0.25) is 0 Å². The summed E-state index contributed by atoms with van der Waals surface area (Å²) < 4.78 is 0.943. The molecule has 1 aromatic carbocycles. The van der Waals surface area contributed by atoms with Crippen LogP contribution in [0.25, 0.3) is 11.0 Å². The molecule has 3 rings (SSSR count). The highest BCUT2D eigenvalue weighted by molar-refractivity contribution is 9.10. The SMILES string of the molecule is CC1(C)C(C(Cl)c2cc3[nH]c(=O)[nH]c3cc2Br)C1(C)C. The second-order valence-electron chi connectivity index (χ2n) is 6.82. The van der Waals surface area contributed by atoms with Crippen molar-refractivity contribution in [3.63, 3.8) is 0 Å². The van der Waals surface area contributed by atoms with Gasteiger partial charge in [0, 0.05) is 4.47 Å². The van der Waals surface area contributed by atoms with Crippen molar-refractivity contribution in [2.75, 3.05) is 0 Å². The van der Waals surface area contributed by atoms with E-state index in [1.165, 1.54) is 0 Å². The van der Waals surface area contributed by atoms with Gasteiger partial charge in [-0.15, -0.1) is 11.6 Å². The normalized spacial score (nSPS) is 22.1. The van der Waals surface area contributed by atoms with E-state index < -0.39 is 0 Å². The molecule has 1 fully saturated rings. The van der Waals surface area contributed by atoms with Crippen molar-refractivity contribution in [2.45, 2.75) is 33.1 Å². The zero-order valence-corrected chi connectivity index (χ0v) is 14.3. The van der Waals surface area contributed by atoms with Crippen LogP contribution in [0.2, 0.25) is 0 Å². The topological polar surface area (TPSA) is 48.6 Å². The molecule has 1 saturated carbocycles. The third-order valence-electron chi connectivity index (χ3n) is 5.36. The van der Waals surface area contributed by atoms with Gasteiger partial charge in [-0.05, 0) is 34.4 Å². The molecular weight excluding hydrogens is 340 g/mol. The van der Waals surface area contributed by atoms with Crippen molar-refractivity contribution in [3.8, 4) is 0 Å². The molecule has 0 spiro atoms. The number of alkyl halides is 1. The van der Waals surface area contributed by atoms with Crippen molar-refractivity contribution in [1.82, 2.24) is 9.97 Å². The molecule has 3 nitrogen and oxygen atoms in total. The summed E-state index contributed by atoms with van der Waals surface area (Å²) in [6.07, 6.45) is 0. The lowest BCUT2D eigenvalue weighted by Gasteiger charge is -2.14. The largest absolute Gasteiger partial charge is 0.323 e. The van der Waals surface area contributed by atoms with Crippen LogP contribution in [0.5, 0.6) is 0 Å². The van der Waals surface area contributed by atoms with E-state index >= 15 is 0 Å². The molecular formula is C15H18BrClN2O. The van der Waals surface area contributed by atoms with E-state index in [4.69, 9.17) is 11.6 Å². The number of rotatable bonds is 2. The van der Waals surface area contributed by atoms with Crippen molar-refractivity contribution < 1.29 is 0 Å². The molecule has 1 heterocycles. The Morgan fingerprint density at radius 2 is 1.65 bits per heavy atom. The highest BCUT2D eigenvalue weighted by Crippen LogP contribution is 2.73. The van der Waals surface area contributed by atoms with E-state index in [-0.39, 0.29) is 21.9 Å². The van der Waals surface area contributed by atoms with E-state index in [1.807, 2.05) is 12.1 Å². The van der Waals surface area contributed by atoms with Crippen LogP contribution in [0.15, 0.2) is 21.4 Å². The molecule has 1 aliphatic carbocycles. The average Bonchev–Trinajstić information content (AvgIpc) is 2.60. The first-order chi connectivity index (χ1) is 9.16. The molecule has 0 aliphatic heterocycles. The van der Waals surface area contributed by atoms with Gasteiger partial charge < -0.3 is 9.97 Å². The fourth-order valence-electron chi connectivity index (χ4n) is 3.44. The molecule has 2 N–H and O–H groups in total. The van der Waals surface area contributed by atoms with Gasteiger partial charge >= 0.3 is 5.69 Å². The third kappa shape index (κ3) is 1.81. The van der Waals surface area contributed by atoms with E-state index in [9.17, 15) is 4.79 Å². The second kappa shape index (κ2) is 4.14. The number of aromatic nitrogens is 2. The molecule has 0 saturated heterocycles. The summed E-state index contributed by atoms with van der Waals surface area (Å²) in [5.41, 5.74) is 2.89. The molecule has 1 aromatic heterocycles.